The van der Waals surface area contributed by atoms with Gasteiger partial charge >= 0.3 is 0 Å². The van der Waals surface area contributed by atoms with Crippen LogP contribution in [0.15, 0.2) is 48.5 Å². The van der Waals surface area contributed by atoms with Crippen LogP contribution in [-0.2, 0) is 22.4 Å². The SMILES string of the molecule is NC(=O)[C@H](Cc1ccc(O)cc1)NC(=O)[C@@H]([NH3+])Cc1ccc(O)cc1. The van der Waals surface area contributed by atoms with E-state index in [1.165, 1.54) is 24.3 Å². The molecule has 0 aliphatic heterocycles. The first-order chi connectivity index (χ1) is 11.8. The molecule has 2 aromatic carbocycles. The van der Waals surface area contributed by atoms with Crippen molar-refractivity contribution in [2.75, 3.05) is 0 Å². The van der Waals surface area contributed by atoms with Gasteiger partial charge in [0.15, 0.2) is 6.04 Å². The van der Waals surface area contributed by atoms with E-state index in [9.17, 15) is 19.8 Å². The highest BCUT2D eigenvalue weighted by Crippen LogP contribution is 2.12. The normalized spacial score (nSPS) is 13.0. The average molecular weight is 344 g/mol. The highest BCUT2D eigenvalue weighted by molar-refractivity contribution is 5.88. The third-order valence-electron chi connectivity index (χ3n) is 3.83. The molecule has 0 unspecified atom stereocenters. The fourth-order valence-electron chi connectivity index (χ4n) is 2.39. The molecule has 0 aliphatic rings. The number of hydrogen-bond acceptors (Lipinski definition) is 4. The second-order valence-electron chi connectivity index (χ2n) is 5.90. The third-order valence-corrected chi connectivity index (χ3v) is 3.83. The van der Waals surface area contributed by atoms with E-state index in [0.717, 1.165) is 11.1 Å². The number of aromatic hydroxyl groups is 2. The van der Waals surface area contributed by atoms with Gasteiger partial charge in [0.1, 0.15) is 17.5 Å². The Morgan fingerprint density at radius 1 is 0.920 bits per heavy atom. The first-order valence-corrected chi connectivity index (χ1v) is 7.83. The van der Waals surface area contributed by atoms with E-state index in [4.69, 9.17) is 5.73 Å². The van der Waals surface area contributed by atoms with Crippen molar-refractivity contribution in [1.29, 1.82) is 0 Å². The second-order valence-corrected chi connectivity index (χ2v) is 5.90. The largest absolute Gasteiger partial charge is 0.508 e. The van der Waals surface area contributed by atoms with Crippen LogP contribution in [0.5, 0.6) is 11.5 Å². The topological polar surface area (TPSA) is 140 Å². The van der Waals surface area contributed by atoms with Crippen molar-refractivity contribution in [3.8, 4) is 11.5 Å². The minimum Gasteiger partial charge on any atom is -0.508 e. The Hall–Kier alpha value is -3.06. The number of amides is 2. The van der Waals surface area contributed by atoms with Crippen LogP contribution in [0.25, 0.3) is 0 Å². The molecule has 132 valence electrons. The van der Waals surface area contributed by atoms with Gasteiger partial charge < -0.3 is 27.0 Å². The monoisotopic (exact) mass is 344 g/mol. The van der Waals surface area contributed by atoms with Crippen LogP contribution in [0, 0.1) is 0 Å². The van der Waals surface area contributed by atoms with Crippen LogP contribution in [0.2, 0.25) is 0 Å². The lowest BCUT2D eigenvalue weighted by Crippen LogP contribution is -2.69. The fourth-order valence-corrected chi connectivity index (χ4v) is 2.39. The van der Waals surface area contributed by atoms with Gasteiger partial charge in [0, 0.05) is 12.8 Å². The summed E-state index contributed by atoms with van der Waals surface area (Å²) in [6.45, 7) is 0. The van der Waals surface area contributed by atoms with E-state index in [2.05, 4.69) is 11.1 Å². The van der Waals surface area contributed by atoms with Crippen molar-refractivity contribution in [3.63, 3.8) is 0 Å². The number of hydrogen-bond donors (Lipinski definition) is 5. The molecule has 2 rings (SSSR count). The zero-order valence-corrected chi connectivity index (χ0v) is 13.7. The summed E-state index contributed by atoms with van der Waals surface area (Å²) in [5.41, 5.74) is 10.8. The molecule has 7 nitrogen and oxygen atoms in total. The van der Waals surface area contributed by atoms with Gasteiger partial charge in [-0.25, -0.2) is 0 Å². The molecule has 2 atom stereocenters. The first-order valence-electron chi connectivity index (χ1n) is 7.83. The second kappa shape index (κ2) is 8.16. The minimum absolute atomic E-state index is 0.120. The van der Waals surface area contributed by atoms with E-state index in [1.807, 2.05) is 0 Å². The quantitative estimate of drug-likeness (QED) is 0.460. The molecule has 0 heterocycles. The molecule has 0 fully saturated rings. The van der Waals surface area contributed by atoms with Gasteiger partial charge in [-0.1, -0.05) is 24.3 Å². The molecule has 2 amide bonds. The molecule has 2 aromatic rings. The van der Waals surface area contributed by atoms with E-state index in [0.29, 0.717) is 6.42 Å². The maximum Gasteiger partial charge on any atom is 0.279 e. The number of quaternary nitrogens is 1. The van der Waals surface area contributed by atoms with E-state index in [1.54, 1.807) is 24.3 Å². The van der Waals surface area contributed by atoms with Crippen LogP contribution >= 0.6 is 0 Å². The molecule has 0 aromatic heterocycles. The molecule has 0 aliphatic carbocycles. The average Bonchev–Trinajstić information content (AvgIpc) is 2.58. The van der Waals surface area contributed by atoms with Crippen molar-refractivity contribution >= 4 is 11.8 Å². The third kappa shape index (κ3) is 5.50. The first kappa shape index (κ1) is 18.3. The van der Waals surface area contributed by atoms with Gasteiger partial charge in [0.2, 0.25) is 5.91 Å². The molecular formula is C18H22N3O4+. The Morgan fingerprint density at radius 3 is 1.80 bits per heavy atom. The minimum atomic E-state index is -0.860. The standard InChI is InChI=1S/C18H21N3O4/c19-15(9-11-1-5-13(22)6-2-11)18(25)21-16(17(20)24)10-12-3-7-14(23)8-4-12/h1-8,15-16,22-23H,9-10,19H2,(H2,20,24)(H,21,25)/p+1/t15-,16-/m0/s1. The summed E-state index contributed by atoms with van der Waals surface area (Å²) < 4.78 is 0. The molecular weight excluding hydrogens is 322 g/mol. The Labute approximate surface area is 145 Å². The molecule has 0 spiro atoms. The van der Waals surface area contributed by atoms with Gasteiger partial charge in [-0.15, -0.1) is 0 Å². The Balaban J connectivity index is 1.97. The summed E-state index contributed by atoms with van der Waals surface area (Å²) in [5, 5.41) is 21.2. The van der Waals surface area contributed by atoms with E-state index < -0.39 is 18.0 Å². The summed E-state index contributed by atoms with van der Waals surface area (Å²) in [7, 11) is 0. The van der Waals surface area contributed by atoms with Crippen LogP contribution < -0.4 is 16.8 Å². The predicted molar refractivity (Wildman–Crippen MR) is 91.4 cm³/mol. The van der Waals surface area contributed by atoms with Gasteiger partial charge in [-0.3, -0.25) is 9.59 Å². The number of primary amides is 1. The van der Waals surface area contributed by atoms with Gasteiger partial charge in [-0.2, -0.15) is 0 Å². The lowest BCUT2D eigenvalue weighted by molar-refractivity contribution is -0.403. The summed E-state index contributed by atoms with van der Waals surface area (Å²) in [5.74, 6) is -0.749. The zero-order chi connectivity index (χ0) is 18.4. The number of nitrogens with two attached hydrogens (primary N) is 1. The maximum absolute atomic E-state index is 12.3. The Morgan fingerprint density at radius 2 is 1.36 bits per heavy atom. The van der Waals surface area contributed by atoms with Crippen molar-refractivity contribution in [2.45, 2.75) is 24.9 Å². The number of carbonyl (C=O) groups is 2. The molecule has 0 saturated heterocycles. The zero-order valence-electron chi connectivity index (χ0n) is 13.7. The Kier molecular flexibility index (Phi) is 5.97. The maximum atomic E-state index is 12.3. The van der Waals surface area contributed by atoms with Crippen LogP contribution in [0.3, 0.4) is 0 Å². The van der Waals surface area contributed by atoms with Crippen molar-refractivity contribution < 1.29 is 25.5 Å². The molecule has 7 heteroatoms. The molecule has 8 N–H and O–H groups in total. The Bertz CT molecular complexity index is 729. The number of benzene rings is 2. The van der Waals surface area contributed by atoms with Crippen molar-refractivity contribution in [1.82, 2.24) is 5.32 Å². The molecule has 0 bridgehead atoms. The van der Waals surface area contributed by atoms with Gasteiger partial charge in [0.05, 0.1) is 0 Å². The number of phenolic OH excluding ortho intramolecular Hbond substituents is 2. The smallest absolute Gasteiger partial charge is 0.279 e. The van der Waals surface area contributed by atoms with Crippen molar-refractivity contribution in [3.05, 3.63) is 59.7 Å². The summed E-state index contributed by atoms with van der Waals surface area (Å²) in [4.78, 5) is 23.9. The summed E-state index contributed by atoms with van der Waals surface area (Å²) in [6.07, 6.45) is 0.601. The molecule has 0 radical (unpaired) electrons. The van der Waals surface area contributed by atoms with Gasteiger partial charge in [0.25, 0.3) is 5.91 Å². The lowest BCUT2D eigenvalue weighted by atomic mass is 10.0. The highest BCUT2D eigenvalue weighted by Gasteiger charge is 2.24. The molecule has 0 saturated carbocycles. The number of phenols is 2. The van der Waals surface area contributed by atoms with Crippen LogP contribution in [0.4, 0.5) is 0 Å². The highest BCUT2D eigenvalue weighted by atomic mass is 16.3. The molecule has 25 heavy (non-hydrogen) atoms. The lowest BCUT2D eigenvalue weighted by Gasteiger charge is -2.17. The van der Waals surface area contributed by atoms with E-state index in [-0.39, 0.29) is 23.8 Å². The van der Waals surface area contributed by atoms with Gasteiger partial charge in [-0.05, 0) is 35.4 Å². The van der Waals surface area contributed by atoms with Crippen LogP contribution in [0.1, 0.15) is 11.1 Å². The van der Waals surface area contributed by atoms with Crippen LogP contribution in [-0.4, -0.2) is 34.1 Å². The number of rotatable bonds is 7. The fraction of sp³-hybridized carbons (Fsp3) is 0.222. The summed E-state index contributed by atoms with van der Waals surface area (Å²) in [6, 6.07) is 11.4. The van der Waals surface area contributed by atoms with Crippen molar-refractivity contribution in [2.24, 2.45) is 5.73 Å². The predicted octanol–water partition coefficient (Wildman–Crippen LogP) is -0.536. The number of carbonyl (C=O) groups excluding carboxylic acids is 2. The number of nitrogens with one attached hydrogen (secondary N) is 1. The summed E-state index contributed by atoms with van der Waals surface area (Å²) >= 11 is 0. The van der Waals surface area contributed by atoms with E-state index >= 15 is 0 Å².